The zero-order chi connectivity index (χ0) is 19.4. The van der Waals surface area contributed by atoms with Crippen LogP contribution in [0.5, 0.6) is 5.75 Å². The van der Waals surface area contributed by atoms with Crippen LogP contribution in [0.4, 0.5) is 5.69 Å². The van der Waals surface area contributed by atoms with Crippen molar-refractivity contribution in [3.63, 3.8) is 0 Å². The van der Waals surface area contributed by atoms with E-state index in [1.54, 1.807) is 0 Å². The summed E-state index contributed by atoms with van der Waals surface area (Å²) in [6, 6.07) is 2.79. The van der Waals surface area contributed by atoms with Gasteiger partial charge in [0.25, 0.3) is 5.91 Å². The molecule has 140 valence electrons. The fourth-order valence-electron chi connectivity index (χ4n) is 2.44. The highest BCUT2D eigenvalue weighted by Crippen LogP contribution is 2.34. The van der Waals surface area contributed by atoms with Crippen LogP contribution in [0.2, 0.25) is 0 Å². The molecule has 1 aliphatic heterocycles. The van der Waals surface area contributed by atoms with Crippen LogP contribution >= 0.6 is 15.9 Å². The maximum atomic E-state index is 12.5. The van der Waals surface area contributed by atoms with E-state index >= 15 is 0 Å². The van der Waals surface area contributed by atoms with Crippen molar-refractivity contribution in [3.8, 4) is 5.75 Å². The molecule has 26 heavy (non-hydrogen) atoms. The number of hydrogen-bond acceptors (Lipinski definition) is 8. The Kier molecular flexibility index (Phi) is 6.22. The van der Waals surface area contributed by atoms with Crippen molar-refractivity contribution >= 4 is 39.5 Å². The molecular formula is C16H17BrN2O7. The Balaban J connectivity index is 2.47. The molecule has 0 spiro atoms. The maximum Gasteiger partial charge on any atom is 0.341 e. The summed E-state index contributed by atoms with van der Waals surface area (Å²) < 4.78 is 9.73. The fraction of sp³-hybridized carbons (Fsp3) is 0.312. The lowest BCUT2D eigenvalue weighted by Gasteiger charge is -2.16. The number of phenols is 1. The van der Waals surface area contributed by atoms with Crippen molar-refractivity contribution in [2.45, 2.75) is 0 Å². The Morgan fingerprint density at radius 1 is 1.27 bits per heavy atom. The first-order chi connectivity index (χ1) is 12.3. The Bertz CT molecular complexity index is 791. The first-order valence-electron chi connectivity index (χ1n) is 7.43. The average molecular weight is 429 g/mol. The highest BCUT2D eigenvalue weighted by atomic mass is 79.9. The van der Waals surface area contributed by atoms with Crippen LogP contribution < -0.4 is 5.32 Å². The molecule has 1 heterocycles. The van der Waals surface area contributed by atoms with Gasteiger partial charge in [-0.3, -0.25) is 4.79 Å². The number of carbonyl (C=O) groups is 3. The number of carbonyl (C=O) groups excluding carboxylic acids is 3. The molecule has 0 saturated heterocycles. The molecule has 0 saturated carbocycles. The van der Waals surface area contributed by atoms with Gasteiger partial charge in [-0.05, 0) is 12.1 Å². The van der Waals surface area contributed by atoms with Crippen LogP contribution in [-0.2, 0) is 19.1 Å². The van der Waals surface area contributed by atoms with Gasteiger partial charge in [-0.25, -0.2) is 9.59 Å². The molecule has 0 radical (unpaired) electrons. The highest BCUT2D eigenvalue weighted by Gasteiger charge is 2.35. The second kappa shape index (κ2) is 8.19. The number of rotatable bonds is 6. The van der Waals surface area contributed by atoms with E-state index in [1.165, 1.54) is 31.3 Å². The Hall–Kier alpha value is -2.59. The third-order valence-corrected chi connectivity index (χ3v) is 4.15. The summed E-state index contributed by atoms with van der Waals surface area (Å²) in [7, 11) is 2.35. The van der Waals surface area contributed by atoms with Crippen molar-refractivity contribution in [2.24, 2.45) is 0 Å². The third kappa shape index (κ3) is 3.81. The number of anilines is 1. The number of halogens is 1. The number of aliphatic hydroxyl groups excluding tert-OH is 1. The van der Waals surface area contributed by atoms with E-state index in [2.05, 4.69) is 30.7 Å². The molecule has 0 fully saturated rings. The van der Waals surface area contributed by atoms with Crippen LogP contribution in [0.1, 0.15) is 10.4 Å². The molecule has 1 amide bonds. The Morgan fingerprint density at radius 2 is 1.92 bits per heavy atom. The second-order valence-corrected chi connectivity index (χ2v) is 6.18. The van der Waals surface area contributed by atoms with Crippen LogP contribution in [0.15, 0.2) is 27.9 Å². The van der Waals surface area contributed by atoms with Gasteiger partial charge in [0, 0.05) is 11.0 Å². The maximum absolute atomic E-state index is 12.5. The molecule has 1 aromatic carbocycles. The normalized spacial score (nSPS) is 13.8. The largest absolute Gasteiger partial charge is 0.505 e. The molecule has 1 aliphatic rings. The van der Waals surface area contributed by atoms with Gasteiger partial charge in [0.2, 0.25) is 0 Å². The topological polar surface area (TPSA) is 125 Å². The summed E-state index contributed by atoms with van der Waals surface area (Å²) >= 11 is 3.21. The van der Waals surface area contributed by atoms with E-state index < -0.39 is 23.6 Å². The van der Waals surface area contributed by atoms with Crippen molar-refractivity contribution in [3.05, 3.63) is 33.4 Å². The lowest BCUT2D eigenvalue weighted by Crippen LogP contribution is -2.31. The van der Waals surface area contributed by atoms with Gasteiger partial charge in [-0.15, -0.1) is 0 Å². The van der Waals surface area contributed by atoms with E-state index in [9.17, 15) is 19.5 Å². The zero-order valence-corrected chi connectivity index (χ0v) is 15.6. The first kappa shape index (κ1) is 19.7. The third-order valence-electron chi connectivity index (χ3n) is 3.69. The quantitative estimate of drug-likeness (QED) is 0.444. The number of nitrogens with one attached hydrogen (secondary N) is 1. The lowest BCUT2D eigenvalue weighted by molar-refractivity contribution is -0.136. The van der Waals surface area contributed by atoms with Gasteiger partial charge in [-0.2, -0.15) is 0 Å². The minimum Gasteiger partial charge on any atom is -0.505 e. The first-order valence-corrected chi connectivity index (χ1v) is 8.22. The average Bonchev–Trinajstić information content (AvgIpc) is 2.93. The molecule has 0 bridgehead atoms. The molecule has 0 unspecified atom stereocenters. The van der Waals surface area contributed by atoms with Crippen molar-refractivity contribution in [1.82, 2.24) is 4.90 Å². The molecule has 2 rings (SSSR count). The predicted molar refractivity (Wildman–Crippen MR) is 93.5 cm³/mol. The minimum atomic E-state index is -0.770. The summed E-state index contributed by atoms with van der Waals surface area (Å²) in [6.07, 6.45) is 0. The molecular weight excluding hydrogens is 412 g/mol. The number of methoxy groups -OCH3 is 2. The van der Waals surface area contributed by atoms with E-state index in [1.807, 2.05) is 0 Å². The van der Waals surface area contributed by atoms with Gasteiger partial charge in [-0.1, -0.05) is 15.9 Å². The lowest BCUT2D eigenvalue weighted by atomic mass is 10.1. The molecule has 0 aliphatic carbocycles. The zero-order valence-electron chi connectivity index (χ0n) is 14.0. The molecule has 9 nitrogen and oxygen atoms in total. The van der Waals surface area contributed by atoms with Crippen LogP contribution in [-0.4, -0.2) is 66.9 Å². The number of ether oxygens (including phenoxy) is 2. The van der Waals surface area contributed by atoms with E-state index in [-0.39, 0.29) is 42.2 Å². The SMILES string of the molecule is COC(=O)C1=C(Nc2cc(Br)cc(C(=O)OC)c2O)C(=O)N(CCO)C1. The summed E-state index contributed by atoms with van der Waals surface area (Å²) in [5.74, 6) is -2.47. The number of hydrogen-bond donors (Lipinski definition) is 3. The number of β-amino-alcohol motifs (C(OH)–C–C–N with tert-alkyl or cyclic N) is 1. The summed E-state index contributed by atoms with van der Waals surface area (Å²) in [4.78, 5) is 37.5. The Labute approximate surface area is 157 Å². The van der Waals surface area contributed by atoms with Crippen molar-refractivity contribution in [2.75, 3.05) is 39.2 Å². The van der Waals surface area contributed by atoms with Gasteiger partial charge < -0.3 is 29.9 Å². The molecule has 0 atom stereocenters. The number of aromatic hydroxyl groups is 1. The molecule has 10 heteroatoms. The van der Waals surface area contributed by atoms with Crippen LogP contribution in [0.3, 0.4) is 0 Å². The minimum absolute atomic E-state index is 0.0235. The van der Waals surface area contributed by atoms with Crippen LogP contribution in [0.25, 0.3) is 0 Å². The summed E-state index contributed by atoms with van der Waals surface area (Å²) in [5, 5.41) is 22.1. The van der Waals surface area contributed by atoms with E-state index in [0.717, 1.165) is 0 Å². The number of amides is 1. The van der Waals surface area contributed by atoms with Crippen LogP contribution in [0, 0.1) is 0 Å². The predicted octanol–water partition coefficient (Wildman–Crippen LogP) is 0.615. The smallest absolute Gasteiger partial charge is 0.341 e. The number of nitrogens with zero attached hydrogens (tertiary/aromatic N) is 1. The molecule has 1 aromatic rings. The monoisotopic (exact) mass is 428 g/mol. The summed E-state index contributed by atoms with van der Waals surface area (Å²) in [5.41, 5.74) is -0.155. The fourth-order valence-corrected chi connectivity index (χ4v) is 2.90. The van der Waals surface area contributed by atoms with Crippen molar-refractivity contribution in [1.29, 1.82) is 0 Å². The van der Waals surface area contributed by atoms with Gasteiger partial charge in [0.05, 0.1) is 38.6 Å². The number of esters is 2. The number of phenolic OH excluding ortho intramolecular Hbond substituents is 1. The number of aliphatic hydroxyl groups is 1. The highest BCUT2D eigenvalue weighted by molar-refractivity contribution is 9.10. The van der Waals surface area contributed by atoms with Crippen molar-refractivity contribution < 1.29 is 34.1 Å². The van der Waals surface area contributed by atoms with Gasteiger partial charge >= 0.3 is 11.9 Å². The number of benzene rings is 1. The summed E-state index contributed by atoms with van der Waals surface area (Å²) in [6.45, 7) is -0.294. The van der Waals surface area contributed by atoms with E-state index in [0.29, 0.717) is 4.47 Å². The standard InChI is InChI=1S/C16H17BrN2O7/c1-25-15(23)9-5-8(17)6-11(13(9)21)18-12-10(16(24)26-2)7-19(3-4-20)14(12)22/h5-6,18,20-21H,3-4,7H2,1-2H3. The Morgan fingerprint density at radius 3 is 2.50 bits per heavy atom. The molecule has 0 aromatic heterocycles. The van der Waals surface area contributed by atoms with Gasteiger partial charge in [0.15, 0.2) is 5.75 Å². The second-order valence-electron chi connectivity index (χ2n) is 5.26. The van der Waals surface area contributed by atoms with Gasteiger partial charge in [0.1, 0.15) is 11.3 Å². The van der Waals surface area contributed by atoms with E-state index in [4.69, 9.17) is 5.11 Å². The molecule has 3 N–H and O–H groups in total.